The van der Waals surface area contributed by atoms with Crippen LogP contribution in [0.4, 0.5) is 0 Å². The first-order valence-electron chi connectivity index (χ1n) is 12.0. The Kier molecular flexibility index (Phi) is 12.1. The molecule has 0 aliphatic heterocycles. The van der Waals surface area contributed by atoms with Crippen molar-refractivity contribution in [1.29, 1.82) is 0 Å². The maximum atomic E-state index is 10.9. The number of carbonyl (C=O) groups excluding carboxylic acids is 1. The summed E-state index contributed by atoms with van der Waals surface area (Å²) in [5.74, 6) is 1.21. The minimum Gasteiger partial charge on any atom is -0.490 e. The van der Waals surface area contributed by atoms with Crippen molar-refractivity contribution in [3.05, 3.63) is 48.3 Å². The third kappa shape index (κ3) is 10.6. The number of rotatable bonds is 15. The molecule has 32 heavy (non-hydrogen) atoms. The Hall–Kier alpha value is -2.69. The molecule has 5 heteroatoms. The number of allylic oxidation sites excluding steroid dienone is 1. The van der Waals surface area contributed by atoms with Gasteiger partial charge in [-0.25, -0.2) is 9.97 Å². The van der Waals surface area contributed by atoms with Crippen LogP contribution in [0.2, 0.25) is 0 Å². The molecule has 0 saturated carbocycles. The molecule has 0 aliphatic rings. The second kappa shape index (κ2) is 15.2. The van der Waals surface area contributed by atoms with Crippen molar-refractivity contribution >= 4 is 12.0 Å². The number of nitrogens with zero attached hydrogens (tertiary/aromatic N) is 2. The highest BCUT2D eigenvalue weighted by atomic mass is 16.5. The van der Waals surface area contributed by atoms with Crippen LogP contribution in [0.25, 0.3) is 17.5 Å². The lowest BCUT2D eigenvalue weighted by Gasteiger charge is -2.10. The first-order chi connectivity index (χ1) is 15.6. The summed E-state index contributed by atoms with van der Waals surface area (Å²) >= 11 is 0. The number of hydrogen-bond donors (Lipinski definition) is 0. The summed E-state index contributed by atoms with van der Waals surface area (Å²) in [6, 6.07) is 8.21. The SMILES string of the molecule is CCCCCCCCOc1cnc(-c2ccc(/C=C/CCCC(C)OC(C)=O)cc2)nc1. The van der Waals surface area contributed by atoms with Crippen LogP contribution in [0.5, 0.6) is 5.75 Å². The molecule has 1 aromatic heterocycles. The zero-order chi connectivity index (χ0) is 23.0. The maximum absolute atomic E-state index is 10.9. The van der Waals surface area contributed by atoms with Crippen LogP contribution in [-0.4, -0.2) is 28.6 Å². The van der Waals surface area contributed by atoms with Gasteiger partial charge >= 0.3 is 5.97 Å². The van der Waals surface area contributed by atoms with Crippen LogP contribution in [-0.2, 0) is 9.53 Å². The van der Waals surface area contributed by atoms with Crippen LogP contribution in [0, 0.1) is 0 Å². The molecule has 0 N–H and O–H groups in total. The van der Waals surface area contributed by atoms with E-state index in [1.807, 2.05) is 19.1 Å². The lowest BCUT2D eigenvalue weighted by Crippen LogP contribution is -2.11. The molecule has 0 spiro atoms. The normalized spacial score (nSPS) is 12.1. The largest absolute Gasteiger partial charge is 0.490 e. The fourth-order valence-corrected chi connectivity index (χ4v) is 3.44. The number of esters is 1. The number of hydrogen-bond acceptors (Lipinski definition) is 5. The number of benzene rings is 1. The Balaban J connectivity index is 1.71. The molecular formula is C27H38N2O3. The highest BCUT2D eigenvalue weighted by molar-refractivity contribution is 5.66. The first-order valence-corrected chi connectivity index (χ1v) is 12.0. The molecule has 0 fully saturated rings. The molecular weight excluding hydrogens is 400 g/mol. The standard InChI is InChI=1S/C27H38N2O3/c1-4-5-6-7-8-12-19-31-26-20-28-27(29-21-26)25-17-15-24(16-18-25)14-11-9-10-13-22(2)32-23(3)30/h11,14-18,20-22H,4-10,12-13,19H2,1-3H3/b14-11+. The van der Waals surface area contributed by atoms with Crippen molar-refractivity contribution in [1.82, 2.24) is 9.97 Å². The molecule has 174 valence electrons. The predicted octanol–water partition coefficient (Wildman–Crippen LogP) is 7.02. The van der Waals surface area contributed by atoms with Crippen molar-refractivity contribution in [2.24, 2.45) is 0 Å². The zero-order valence-electron chi connectivity index (χ0n) is 19.9. The van der Waals surface area contributed by atoms with Crippen molar-refractivity contribution in [2.75, 3.05) is 6.61 Å². The Morgan fingerprint density at radius 3 is 2.38 bits per heavy atom. The van der Waals surface area contributed by atoms with Gasteiger partial charge < -0.3 is 9.47 Å². The molecule has 5 nitrogen and oxygen atoms in total. The Bertz CT molecular complexity index is 801. The summed E-state index contributed by atoms with van der Waals surface area (Å²) in [6.07, 6.45) is 18.1. The first kappa shape index (κ1) is 25.6. The molecule has 1 aromatic carbocycles. The van der Waals surface area contributed by atoms with Gasteiger partial charge in [0.1, 0.15) is 0 Å². The minimum atomic E-state index is -0.215. The molecule has 1 atom stereocenters. The number of carbonyl (C=O) groups is 1. The molecule has 0 bridgehead atoms. The van der Waals surface area contributed by atoms with Crippen LogP contribution >= 0.6 is 0 Å². The van der Waals surface area contributed by atoms with Crippen molar-refractivity contribution < 1.29 is 14.3 Å². The van der Waals surface area contributed by atoms with Gasteiger partial charge in [0.2, 0.25) is 0 Å². The summed E-state index contributed by atoms with van der Waals surface area (Å²) in [4.78, 5) is 19.8. The fourth-order valence-electron chi connectivity index (χ4n) is 3.44. The lowest BCUT2D eigenvalue weighted by atomic mass is 10.1. The van der Waals surface area contributed by atoms with Gasteiger partial charge in [0.25, 0.3) is 0 Å². The predicted molar refractivity (Wildman–Crippen MR) is 130 cm³/mol. The topological polar surface area (TPSA) is 61.3 Å². The third-order valence-electron chi connectivity index (χ3n) is 5.22. The molecule has 0 aliphatic carbocycles. The molecule has 2 rings (SSSR count). The van der Waals surface area contributed by atoms with Crippen LogP contribution in [0.3, 0.4) is 0 Å². The molecule has 1 heterocycles. The summed E-state index contributed by atoms with van der Waals surface area (Å²) in [6.45, 7) is 6.34. The summed E-state index contributed by atoms with van der Waals surface area (Å²) in [7, 11) is 0. The van der Waals surface area contributed by atoms with E-state index in [0.717, 1.165) is 49.2 Å². The smallest absolute Gasteiger partial charge is 0.302 e. The number of ether oxygens (including phenoxy) is 2. The van der Waals surface area contributed by atoms with E-state index < -0.39 is 0 Å². The lowest BCUT2D eigenvalue weighted by molar-refractivity contribution is -0.145. The average Bonchev–Trinajstić information content (AvgIpc) is 2.79. The Labute approximate surface area is 193 Å². The van der Waals surface area contributed by atoms with Gasteiger partial charge in [0.05, 0.1) is 25.1 Å². The van der Waals surface area contributed by atoms with Gasteiger partial charge in [-0.3, -0.25) is 4.79 Å². The van der Waals surface area contributed by atoms with E-state index in [9.17, 15) is 4.79 Å². The monoisotopic (exact) mass is 438 g/mol. The van der Waals surface area contributed by atoms with E-state index >= 15 is 0 Å². The van der Waals surface area contributed by atoms with Crippen LogP contribution < -0.4 is 4.74 Å². The average molecular weight is 439 g/mol. The quantitative estimate of drug-likeness (QED) is 0.221. The van der Waals surface area contributed by atoms with Gasteiger partial charge in [0, 0.05) is 12.5 Å². The molecule has 1 unspecified atom stereocenters. The van der Waals surface area contributed by atoms with E-state index in [1.54, 1.807) is 12.4 Å². The van der Waals surface area contributed by atoms with Gasteiger partial charge in [-0.1, -0.05) is 75.4 Å². The van der Waals surface area contributed by atoms with Crippen molar-refractivity contribution in [2.45, 2.75) is 84.7 Å². The van der Waals surface area contributed by atoms with Crippen LogP contribution in [0.1, 0.15) is 84.1 Å². The minimum absolute atomic E-state index is 0.0208. The van der Waals surface area contributed by atoms with Crippen LogP contribution in [0.15, 0.2) is 42.7 Å². The molecule has 0 amide bonds. The number of aromatic nitrogens is 2. The van der Waals surface area contributed by atoms with Crippen molar-refractivity contribution in [3.63, 3.8) is 0 Å². The Morgan fingerprint density at radius 2 is 1.69 bits per heavy atom. The molecule has 0 radical (unpaired) electrons. The second-order valence-corrected chi connectivity index (χ2v) is 8.23. The summed E-state index contributed by atoms with van der Waals surface area (Å²) in [5, 5.41) is 0. The van der Waals surface area contributed by atoms with E-state index in [4.69, 9.17) is 9.47 Å². The van der Waals surface area contributed by atoms with Gasteiger partial charge in [-0.05, 0) is 38.2 Å². The van der Waals surface area contributed by atoms with Gasteiger partial charge in [-0.15, -0.1) is 0 Å². The van der Waals surface area contributed by atoms with E-state index in [-0.39, 0.29) is 12.1 Å². The van der Waals surface area contributed by atoms with E-state index in [0.29, 0.717) is 5.82 Å². The second-order valence-electron chi connectivity index (χ2n) is 8.23. The zero-order valence-corrected chi connectivity index (χ0v) is 19.9. The molecule has 2 aromatic rings. The fraction of sp³-hybridized carbons (Fsp3) is 0.519. The summed E-state index contributed by atoms with van der Waals surface area (Å²) in [5.41, 5.74) is 2.13. The van der Waals surface area contributed by atoms with Gasteiger partial charge in [-0.2, -0.15) is 0 Å². The highest BCUT2D eigenvalue weighted by Gasteiger charge is 2.04. The highest BCUT2D eigenvalue weighted by Crippen LogP contribution is 2.18. The Morgan fingerprint density at radius 1 is 1.00 bits per heavy atom. The molecule has 0 saturated heterocycles. The van der Waals surface area contributed by atoms with Gasteiger partial charge in [0.15, 0.2) is 11.6 Å². The summed E-state index contributed by atoms with van der Waals surface area (Å²) < 4.78 is 10.9. The maximum Gasteiger partial charge on any atom is 0.302 e. The van der Waals surface area contributed by atoms with Crippen molar-refractivity contribution in [3.8, 4) is 17.1 Å². The van der Waals surface area contributed by atoms with E-state index in [1.165, 1.54) is 39.0 Å². The number of unbranched alkanes of at least 4 members (excludes halogenated alkanes) is 6. The van der Waals surface area contributed by atoms with E-state index in [2.05, 4.69) is 41.2 Å². The third-order valence-corrected chi connectivity index (χ3v) is 5.22.